The summed E-state index contributed by atoms with van der Waals surface area (Å²) < 4.78 is 10.9. The monoisotopic (exact) mass is 445 g/mol. The molecule has 1 N–H and O–H groups in total. The third-order valence-electron chi connectivity index (χ3n) is 4.30. The second-order valence-electron chi connectivity index (χ2n) is 6.69. The standard InChI is InChI=1S/C21H23N3O4S2/c1-13-19(30-21(23-13)15-7-8-29-12-15)20(26)22-10-14-5-6-16(17(9-14)27-4)28-11-18(25)24(2)3/h5-9,12H,10-11H2,1-4H3,(H,22,26). The lowest BCUT2D eigenvalue weighted by Crippen LogP contribution is -2.27. The van der Waals surface area contributed by atoms with Gasteiger partial charge in [-0.1, -0.05) is 6.07 Å². The Morgan fingerprint density at radius 2 is 2.00 bits per heavy atom. The predicted molar refractivity (Wildman–Crippen MR) is 119 cm³/mol. The van der Waals surface area contributed by atoms with Crippen molar-refractivity contribution < 1.29 is 19.1 Å². The van der Waals surface area contributed by atoms with Gasteiger partial charge in [-0.2, -0.15) is 11.3 Å². The van der Waals surface area contributed by atoms with Crippen molar-refractivity contribution in [2.75, 3.05) is 27.8 Å². The summed E-state index contributed by atoms with van der Waals surface area (Å²) in [6.07, 6.45) is 0. The number of ether oxygens (including phenoxy) is 2. The van der Waals surface area contributed by atoms with Gasteiger partial charge in [-0.3, -0.25) is 9.59 Å². The van der Waals surface area contributed by atoms with Crippen LogP contribution in [-0.4, -0.2) is 49.5 Å². The number of carbonyl (C=O) groups is 2. The minimum atomic E-state index is -0.164. The summed E-state index contributed by atoms with van der Waals surface area (Å²) in [6, 6.07) is 7.34. The van der Waals surface area contributed by atoms with Crippen molar-refractivity contribution in [1.29, 1.82) is 0 Å². The second-order valence-corrected chi connectivity index (χ2v) is 8.47. The minimum Gasteiger partial charge on any atom is -0.493 e. The van der Waals surface area contributed by atoms with Crippen molar-refractivity contribution in [2.45, 2.75) is 13.5 Å². The van der Waals surface area contributed by atoms with E-state index in [1.165, 1.54) is 23.3 Å². The second kappa shape index (κ2) is 9.73. The molecule has 0 radical (unpaired) electrons. The lowest BCUT2D eigenvalue weighted by atomic mass is 10.2. The third-order valence-corrected chi connectivity index (χ3v) is 6.19. The number of nitrogens with zero attached hydrogens (tertiary/aromatic N) is 2. The summed E-state index contributed by atoms with van der Waals surface area (Å²) in [5.41, 5.74) is 2.59. The first-order valence-electron chi connectivity index (χ1n) is 9.17. The zero-order valence-electron chi connectivity index (χ0n) is 17.2. The lowest BCUT2D eigenvalue weighted by molar-refractivity contribution is -0.130. The number of nitrogens with one attached hydrogen (secondary N) is 1. The molecule has 3 rings (SSSR count). The highest BCUT2D eigenvalue weighted by Gasteiger charge is 2.17. The molecule has 30 heavy (non-hydrogen) atoms. The van der Waals surface area contributed by atoms with Crippen molar-refractivity contribution in [3.05, 3.63) is 51.2 Å². The minimum absolute atomic E-state index is 0.0729. The largest absolute Gasteiger partial charge is 0.493 e. The van der Waals surface area contributed by atoms with Crippen molar-refractivity contribution in [3.8, 4) is 22.1 Å². The number of hydrogen-bond donors (Lipinski definition) is 1. The number of thiazole rings is 1. The van der Waals surface area contributed by atoms with E-state index in [-0.39, 0.29) is 18.4 Å². The van der Waals surface area contributed by atoms with Gasteiger partial charge in [-0.15, -0.1) is 11.3 Å². The molecular weight excluding hydrogens is 422 g/mol. The topological polar surface area (TPSA) is 80.8 Å². The Hall–Kier alpha value is -2.91. The highest BCUT2D eigenvalue weighted by molar-refractivity contribution is 7.17. The maximum absolute atomic E-state index is 12.6. The van der Waals surface area contributed by atoms with Crippen LogP contribution >= 0.6 is 22.7 Å². The molecule has 158 valence electrons. The van der Waals surface area contributed by atoms with Gasteiger partial charge in [0.1, 0.15) is 9.88 Å². The summed E-state index contributed by atoms with van der Waals surface area (Å²) in [5.74, 6) is 0.668. The van der Waals surface area contributed by atoms with Crippen LogP contribution in [0.2, 0.25) is 0 Å². The fraction of sp³-hybridized carbons (Fsp3) is 0.286. The Morgan fingerprint density at radius 3 is 2.67 bits per heavy atom. The van der Waals surface area contributed by atoms with Gasteiger partial charge >= 0.3 is 0 Å². The van der Waals surface area contributed by atoms with Crippen LogP contribution in [0.3, 0.4) is 0 Å². The van der Waals surface area contributed by atoms with Gasteiger partial charge in [-0.05, 0) is 36.1 Å². The number of amides is 2. The molecule has 0 fully saturated rings. The van der Waals surface area contributed by atoms with Crippen LogP contribution in [0, 0.1) is 6.92 Å². The molecule has 0 atom stereocenters. The van der Waals surface area contributed by atoms with E-state index in [2.05, 4.69) is 10.3 Å². The van der Waals surface area contributed by atoms with Gasteiger partial charge < -0.3 is 19.7 Å². The number of rotatable bonds is 8. The molecular formula is C21H23N3O4S2. The number of aryl methyl sites for hydroxylation is 1. The molecule has 0 bridgehead atoms. The molecule has 9 heteroatoms. The Morgan fingerprint density at radius 1 is 1.20 bits per heavy atom. The van der Waals surface area contributed by atoms with Crippen LogP contribution in [0.25, 0.3) is 10.6 Å². The number of aromatic nitrogens is 1. The molecule has 2 aromatic heterocycles. The maximum atomic E-state index is 12.6. The average molecular weight is 446 g/mol. The first-order chi connectivity index (χ1) is 14.4. The SMILES string of the molecule is COc1cc(CNC(=O)c2sc(-c3ccsc3)nc2C)ccc1OCC(=O)N(C)C. The maximum Gasteiger partial charge on any atom is 0.263 e. The third kappa shape index (κ3) is 5.17. The van der Waals surface area contributed by atoms with E-state index in [1.807, 2.05) is 29.8 Å². The fourth-order valence-corrected chi connectivity index (χ4v) is 4.28. The van der Waals surface area contributed by atoms with E-state index in [4.69, 9.17) is 9.47 Å². The molecule has 7 nitrogen and oxygen atoms in total. The molecule has 0 unspecified atom stereocenters. The zero-order valence-corrected chi connectivity index (χ0v) is 18.9. The van der Waals surface area contributed by atoms with Crippen molar-refractivity contribution >= 4 is 34.5 Å². The smallest absolute Gasteiger partial charge is 0.263 e. The molecule has 0 saturated heterocycles. The van der Waals surface area contributed by atoms with Crippen LogP contribution in [0.5, 0.6) is 11.5 Å². The van der Waals surface area contributed by atoms with E-state index in [0.29, 0.717) is 28.6 Å². The van der Waals surface area contributed by atoms with E-state index in [1.54, 1.807) is 37.6 Å². The molecule has 2 heterocycles. The van der Waals surface area contributed by atoms with Crippen LogP contribution in [0.15, 0.2) is 35.0 Å². The first kappa shape index (κ1) is 21.8. The number of benzene rings is 1. The van der Waals surface area contributed by atoms with Crippen LogP contribution < -0.4 is 14.8 Å². The highest BCUT2D eigenvalue weighted by atomic mass is 32.1. The first-order valence-corrected chi connectivity index (χ1v) is 10.9. The Kier molecular flexibility index (Phi) is 7.07. The predicted octanol–water partition coefficient (Wildman–Crippen LogP) is 3.59. The van der Waals surface area contributed by atoms with Gasteiger partial charge in [0.05, 0.1) is 12.8 Å². The van der Waals surface area contributed by atoms with E-state index < -0.39 is 0 Å². The Labute approximate surface area is 183 Å². The van der Waals surface area contributed by atoms with Crippen LogP contribution in [0.4, 0.5) is 0 Å². The van der Waals surface area contributed by atoms with Gasteiger partial charge in [0.25, 0.3) is 11.8 Å². The van der Waals surface area contributed by atoms with Gasteiger partial charge in [0.2, 0.25) is 0 Å². The molecule has 2 amide bonds. The summed E-state index contributed by atoms with van der Waals surface area (Å²) in [4.78, 5) is 30.9. The summed E-state index contributed by atoms with van der Waals surface area (Å²) in [6.45, 7) is 2.10. The zero-order chi connectivity index (χ0) is 21.7. The van der Waals surface area contributed by atoms with Crippen molar-refractivity contribution in [2.24, 2.45) is 0 Å². The highest BCUT2D eigenvalue weighted by Crippen LogP contribution is 2.30. The van der Waals surface area contributed by atoms with Gasteiger partial charge in [0.15, 0.2) is 18.1 Å². The average Bonchev–Trinajstić information content (AvgIpc) is 3.40. The normalized spacial score (nSPS) is 10.5. The number of hydrogen-bond acceptors (Lipinski definition) is 7. The number of methoxy groups -OCH3 is 1. The Bertz CT molecular complexity index is 1030. The van der Waals surface area contributed by atoms with Gasteiger partial charge in [0, 0.05) is 31.6 Å². The number of likely N-dealkylation sites (N-methyl/N-ethyl adjacent to an activating group) is 1. The lowest BCUT2D eigenvalue weighted by Gasteiger charge is -2.14. The summed E-state index contributed by atoms with van der Waals surface area (Å²) >= 11 is 2.98. The Balaban J connectivity index is 1.64. The van der Waals surface area contributed by atoms with Crippen LogP contribution in [-0.2, 0) is 11.3 Å². The van der Waals surface area contributed by atoms with E-state index in [9.17, 15) is 9.59 Å². The number of carbonyl (C=O) groups excluding carboxylic acids is 2. The molecule has 0 aliphatic carbocycles. The molecule has 0 aliphatic heterocycles. The van der Waals surface area contributed by atoms with Crippen LogP contribution in [0.1, 0.15) is 20.9 Å². The molecule has 0 aliphatic rings. The molecule has 3 aromatic rings. The van der Waals surface area contributed by atoms with E-state index in [0.717, 1.165) is 16.1 Å². The van der Waals surface area contributed by atoms with Crippen molar-refractivity contribution in [1.82, 2.24) is 15.2 Å². The van der Waals surface area contributed by atoms with Gasteiger partial charge in [-0.25, -0.2) is 4.98 Å². The molecule has 0 saturated carbocycles. The summed E-state index contributed by atoms with van der Waals surface area (Å²) in [7, 11) is 4.87. The number of thiophene rings is 1. The summed E-state index contributed by atoms with van der Waals surface area (Å²) in [5, 5.41) is 7.77. The fourth-order valence-electron chi connectivity index (χ4n) is 2.59. The van der Waals surface area contributed by atoms with Crippen molar-refractivity contribution in [3.63, 3.8) is 0 Å². The quantitative estimate of drug-likeness (QED) is 0.573. The van der Waals surface area contributed by atoms with E-state index >= 15 is 0 Å². The molecule has 0 spiro atoms. The molecule has 1 aromatic carbocycles.